The number of hydrazone groups is 1. The number of methoxy groups -OCH3 is 2. The summed E-state index contributed by atoms with van der Waals surface area (Å²) in [5.74, 6) is 2.71. The van der Waals surface area contributed by atoms with Gasteiger partial charge < -0.3 is 14.6 Å². The first-order valence-electron chi connectivity index (χ1n) is 8.02. The largest absolute Gasteiger partial charge is 0.507 e. The monoisotopic (exact) mass is 385 g/mol. The number of anilines is 1. The van der Waals surface area contributed by atoms with Crippen LogP contribution < -0.4 is 14.9 Å². The molecule has 0 aliphatic heterocycles. The molecule has 140 valence electrons. The molecule has 2 aromatic carbocycles. The Morgan fingerprint density at radius 1 is 1.15 bits per heavy atom. The van der Waals surface area contributed by atoms with E-state index in [9.17, 15) is 5.11 Å². The summed E-state index contributed by atoms with van der Waals surface area (Å²) in [5.41, 5.74) is 4.42. The van der Waals surface area contributed by atoms with Crippen molar-refractivity contribution in [3.05, 3.63) is 53.6 Å². The number of hydrogen-bond acceptors (Lipinski definition) is 8. The third-order valence-electron chi connectivity index (χ3n) is 3.60. The van der Waals surface area contributed by atoms with Gasteiger partial charge in [0.25, 0.3) is 0 Å². The Bertz CT molecular complexity index is 912. The predicted molar refractivity (Wildman–Crippen MR) is 105 cm³/mol. The average Bonchev–Trinajstić information content (AvgIpc) is 3.16. The van der Waals surface area contributed by atoms with Gasteiger partial charge in [-0.15, -0.1) is 5.10 Å². The first-order valence-corrected chi connectivity index (χ1v) is 9.00. The van der Waals surface area contributed by atoms with Gasteiger partial charge in [0.1, 0.15) is 17.2 Å². The summed E-state index contributed by atoms with van der Waals surface area (Å²) in [6.45, 7) is 0. The van der Waals surface area contributed by atoms with Crippen molar-refractivity contribution >= 4 is 23.9 Å². The number of phenolic OH excluding ortho intramolecular Hbond substituents is 1. The van der Waals surface area contributed by atoms with Crippen molar-refractivity contribution in [3.63, 3.8) is 0 Å². The first kappa shape index (κ1) is 18.6. The maximum atomic E-state index is 9.82. The number of H-pyrrole nitrogens is 1. The van der Waals surface area contributed by atoms with Gasteiger partial charge in [-0.2, -0.15) is 10.1 Å². The molecule has 9 heteroatoms. The van der Waals surface area contributed by atoms with E-state index in [1.54, 1.807) is 32.4 Å². The molecular weight excluding hydrogens is 366 g/mol. The number of hydrogen-bond donors (Lipinski definition) is 3. The number of phenols is 1. The molecule has 3 aromatic rings. The second kappa shape index (κ2) is 8.95. The highest BCUT2D eigenvalue weighted by Crippen LogP contribution is 2.22. The average molecular weight is 385 g/mol. The van der Waals surface area contributed by atoms with Crippen LogP contribution in [0.4, 0.5) is 5.95 Å². The van der Waals surface area contributed by atoms with E-state index in [-0.39, 0.29) is 5.75 Å². The van der Waals surface area contributed by atoms with Gasteiger partial charge in [-0.3, -0.25) is 0 Å². The number of ether oxygens (including phenoxy) is 2. The lowest BCUT2D eigenvalue weighted by molar-refractivity contribution is 0.412. The minimum absolute atomic E-state index is 0.106. The summed E-state index contributed by atoms with van der Waals surface area (Å²) in [7, 11) is 3.20. The van der Waals surface area contributed by atoms with Crippen LogP contribution in [0.3, 0.4) is 0 Å². The van der Waals surface area contributed by atoms with Gasteiger partial charge in [-0.25, -0.2) is 10.5 Å². The van der Waals surface area contributed by atoms with E-state index in [0.29, 0.717) is 22.4 Å². The molecule has 0 bridgehead atoms. The fraction of sp³-hybridized carbons (Fsp3) is 0.167. The van der Waals surface area contributed by atoms with Crippen LogP contribution in [-0.2, 0) is 5.75 Å². The van der Waals surface area contributed by atoms with E-state index in [0.717, 1.165) is 17.1 Å². The normalized spacial score (nSPS) is 10.9. The lowest BCUT2D eigenvalue weighted by atomic mass is 10.2. The van der Waals surface area contributed by atoms with Gasteiger partial charge in [0.15, 0.2) is 0 Å². The number of rotatable bonds is 8. The van der Waals surface area contributed by atoms with Crippen LogP contribution in [0.25, 0.3) is 0 Å². The van der Waals surface area contributed by atoms with Crippen LogP contribution in [0.1, 0.15) is 11.1 Å². The standard InChI is InChI=1S/C18H19N5O3S/c1-25-14-5-3-12(4-6-14)11-27-18-20-17(22-23-18)21-19-10-13-9-15(26-2)7-8-16(13)24/h3-10,24H,11H2,1-2H3,(H2,20,21,22,23)/b19-10+. The molecule has 1 heterocycles. The quantitative estimate of drug-likeness (QED) is 0.310. The maximum Gasteiger partial charge on any atom is 0.240 e. The van der Waals surface area contributed by atoms with E-state index < -0.39 is 0 Å². The van der Waals surface area contributed by atoms with E-state index in [2.05, 4.69) is 25.7 Å². The van der Waals surface area contributed by atoms with Gasteiger partial charge in [0.05, 0.1) is 20.4 Å². The molecule has 0 aliphatic carbocycles. The molecule has 3 rings (SSSR count). The van der Waals surface area contributed by atoms with Crippen LogP contribution in [0, 0.1) is 0 Å². The van der Waals surface area contributed by atoms with Crippen molar-refractivity contribution in [2.24, 2.45) is 5.10 Å². The summed E-state index contributed by atoms with van der Waals surface area (Å²) in [4.78, 5) is 4.31. The number of aromatic amines is 1. The molecule has 0 saturated carbocycles. The molecule has 0 radical (unpaired) electrons. The topological polar surface area (TPSA) is 105 Å². The summed E-state index contributed by atoms with van der Waals surface area (Å²) in [6.07, 6.45) is 1.48. The minimum atomic E-state index is 0.106. The Labute approximate surface area is 160 Å². The second-order valence-electron chi connectivity index (χ2n) is 5.40. The first-order chi connectivity index (χ1) is 13.2. The Balaban J connectivity index is 1.54. The smallest absolute Gasteiger partial charge is 0.240 e. The lowest BCUT2D eigenvalue weighted by Gasteiger charge is -2.02. The van der Waals surface area contributed by atoms with Crippen molar-refractivity contribution in [1.29, 1.82) is 0 Å². The zero-order valence-corrected chi connectivity index (χ0v) is 15.7. The lowest BCUT2D eigenvalue weighted by Crippen LogP contribution is -1.93. The third kappa shape index (κ3) is 5.14. The molecule has 0 amide bonds. The number of benzene rings is 2. The van der Waals surface area contributed by atoms with Gasteiger partial charge in [-0.1, -0.05) is 23.9 Å². The number of aromatic hydroxyl groups is 1. The highest BCUT2D eigenvalue weighted by atomic mass is 32.2. The Hall–Kier alpha value is -3.20. The van der Waals surface area contributed by atoms with Gasteiger partial charge in [0.2, 0.25) is 11.1 Å². The van der Waals surface area contributed by atoms with Crippen molar-refractivity contribution in [2.45, 2.75) is 10.9 Å². The Morgan fingerprint density at radius 3 is 2.63 bits per heavy atom. The van der Waals surface area contributed by atoms with E-state index in [1.807, 2.05) is 24.3 Å². The predicted octanol–water partition coefficient (Wildman–Crippen LogP) is 3.27. The molecule has 0 aliphatic rings. The third-order valence-corrected chi connectivity index (χ3v) is 4.52. The van der Waals surface area contributed by atoms with Gasteiger partial charge in [0, 0.05) is 11.3 Å². The van der Waals surface area contributed by atoms with Crippen LogP contribution in [0.5, 0.6) is 17.2 Å². The molecule has 3 N–H and O–H groups in total. The van der Waals surface area contributed by atoms with Crippen LogP contribution >= 0.6 is 11.8 Å². The number of nitrogens with zero attached hydrogens (tertiary/aromatic N) is 3. The molecule has 8 nitrogen and oxygen atoms in total. The number of thioether (sulfide) groups is 1. The summed E-state index contributed by atoms with van der Waals surface area (Å²) >= 11 is 1.50. The van der Waals surface area contributed by atoms with Crippen LogP contribution in [0.2, 0.25) is 0 Å². The van der Waals surface area contributed by atoms with Crippen LogP contribution in [0.15, 0.2) is 52.7 Å². The zero-order valence-electron chi connectivity index (χ0n) is 14.8. The molecule has 0 atom stereocenters. The number of nitrogens with one attached hydrogen (secondary N) is 2. The minimum Gasteiger partial charge on any atom is -0.507 e. The van der Waals surface area contributed by atoms with E-state index in [4.69, 9.17) is 9.47 Å². The summed E-state index contributed by atoms with van der Waals surface area (Å²) in [5, 5.41) is 21.4. The fourth-order valence-electron chi connectivity index (χ4n) is 2.16. The maximum absolute atomic E-state index is 9.82. The molecule has 1 aromatic heterocycles. The van der Waals surface area contributed by atoms with Crippen molar-refractivity contribution in [3.8, 4) is 17.2 Å². The van der Waals surface area contributed by atoms with Gasteiger partial charge in [-0.05, 0) is 35.9 Å². The number of aromatic nitrogens is 3. The van der Waals surface area contributed by atoms with E-state index in [1.165, 1.54) is 18.0 Å². The van der Waals surface area contributed by atoms with Crippen molar-refractivity contribution < 1.29 is 14.6 Å². The molecule has 27 heavy (non-hydrogen) atoms. The zero-order chi connectivity index (χ0) is 19.1. The summed E-state index contributed by atoms with van der Waals surface area (Å²) in [6, 6.07) is 12.7. The van der Waals surface area contributed by atoms with Gasteiger partial charge >= 0.3 is 0 Å². The second-order valence-corrected chi connectivity index (χ2v) is 6.34. The summed E-state index contributed by atoms with van der Waals surface area (Å²) < 4.78 is 10.3. The Morgan fingerprint density at radius 2 is 1.89 bits per heavy atom. The van der Waals surface area contributed by atoms with Crippen molar-refractivity contribution in [1.82, 2.24) is 15.2 Å². The highest BCUT2D eigenvalue weighted by molar-refractivity contribution is 7.98. The molecule has 0 spiro atoms. The molecule has 0 saturated heterocycles. The fourth-order valence-corrected chi connectivity index (χ4v) is 2.91. The SMILES string of the molecule is COc1ccc(CSc2n[nH]c(N/N=C/c3cc(OC)ccc3O)n2)cc1. The molecular formula is C18H19N5O3S. The van der Waals surface area contributed by atoms with E-state index >= 15 is 0 Å². The Kier molecular flexibility index (Phi) is 6.16. The molecule has 0 unspecified atom stereocenters. The van der Waals surface area contributed by atoms with Crippen LogP contribution in [-0.4, -0.2) is 40.7 Å². The van der Waals surface area contributed by atoms with Crippen molar-refractivity contribution in [2.75, 3.05) is 19.6 Å². The highest BCUT2D eigenvalue weighted by Gasteiger charge is 2.05. The molecule has 0 fully saturated rings.